The number of nitrogens with one attached hydrogen (secondary N) is 1. The molecular weight excluding hydrogens is 217 g/mol. The van der Waals surface area contributed by atoms with Crippen LogP contribution in [0.25, 0.3) is 0 Å². The summed E-state index contributed by atoms with van der Waals surface area (Å²) in [5, 5.41) is 3.05. The van der Waals surface area contributed by atoms with Gasteiger partial charge >= 0.3 is 0 Å². The first-order valence-electron chi connectivity index (χ1n) is 6.29. The molecule has 0 radical (unpaired) electrons. The molecule has 3 rings (SSSR count). The second kappa shape index (κ2) is 4.13. The molecule has 2 fully saturated rings. The zero-order chi connectivity index (χ0) is 11.8. The number of carbonyl (C=O) groups excluding carboxylic acids is 1. The van der Waals surface area contributed by atoms with Gasteiger partial charge < -0.3 is 5.32 Å². The van der Waals surface area contributed by atoms with Crippen molar-refractivity contribution in [2.24, 2.45) is 11.8 Å². The molecule has 0 aliphatic heterocycles. The second-order valence-corrected chi connectivity index (χ2v) is 5.27. The van der Waals surface area contributed by atoms with Gasteiger partial charge in [-0.3, -0.25) is 4.79 Å². The summed E-state index contributed by atoms with van der Waals surface area (Å²) in [6.07, 6.45) is 4.91. The third-order valence-electron chi connectivity index (χ3n) is 4.14. The van der Waals surface area contributed by atoms with Crippen molar-refractivity contribution in [1.82, 2.24) is 5.32 Å². The van der Waals surface area contributed by atoms with Crippen LogP contribution in [-0.4, -0.2) is 11.9 Å². The van der Waals surface area contributed by atoms with Gasteiger partial charge in [0.25, 0.3) is 5.91 Å². The molecule has 3 atom stereocenters. The molecule has 3 heteroatoms. The highest BCUT2D eigenvalue weighted by molar-refractivity contribution is 5.94. The van der Waals surface area contributed by atoms with Gasteiger partial charge in [-0.25, -0.2) is 4.39 Å². The standard InChI is InChI=1S/C14H16FNO/c15-12-3-1-2-11(8-12)14(17)16-13-7-9-4-5-10(13)6-9/h1-3,8-10,13H,4-7H2,(H,16,17)/t9-,10-,13-/m0/s1. The molecule has 1 aromatic carbocycles. The summed E-state index contributed by atoms with van der Waals surface area (Å²) in [5.41, 5.74) is 0.424. The van der Waals surface area contributed by atoms with Crippen LogP contribution in [0.2, 0.25) is 0 Å². The van der Waals surface area contributed by atoms with Gasteiger partial charge in [0.1, 0.15) is 5.82 Å². The predicted molar refractivity (Wildman–Crippen MR) is 63.1 cm³/mol. The summed E-state index contributed by atoms with van der Waals surface area (Å²) < 4.78 is 13.0. The quantitative estimate of drug-likeness (QED) is 0.836. The fourth-order valence-electron chi connectivity index (χ4n) is 3.30. The SMILES string of the molecule is O=C(N[C@H]1C[C@H]2CC[C@H]1C2)c1cccc(F)c1. The third-order valence-corrected chi connectivity index (χ3v) is 4.14. The Kier molecular flexibility index (Phi) is 2.61. The average molecular weight is 233 g/mol. The lowest BCUT2D eigenvalue weighted by Crippen LogP contribution is -2.38. The van der Waals surface area contributed by atoms with Crippen LogP contribution < -0.4 is 5.32 Å². The maximum Gasteiger partial charge on any atom is 0.251 e. The van der Waals surface area contributed by atoms with Crippen LogP contribution in [0.5, 0.6) is 0 Å². The Labute approximate surface area is 100 Å². The molecule has 0 aromatic heterocycles. The molecular formula is C14H16FNO. The van der Waals surface area contributed by atoms with Crippen LogP contribution in [-0.2, 0) is 0 Å². The van der Waals surface area contributed by atoms with E-state index in [1.807, 2.05) is 0 Å². The normalized spacial score (nSPS) is 30.5. The minimum Gasteiger partial charge on any atom is -0.349 e. The Morgan fingerprint density at radius 1 is 1.29 bits per heavy atom. The van der Waals surface area contributed by atoms with E-state index in [1.165, 1.54) is 31.4 Å². The van der Waals surface area contributed by atoms with E-state index in [-0.39, 0.29) is 11.7 Å². The number of fused-ring (bicyclic) bond motifs is 2. The molecule has 2 bridgehead atoms. The van der Waals surface area contributed by atoms with Crippen molar-refractivity contribution in [3.05, 3.63) is 35.6 Å². The van der Waals surface area contributed by atoms with Gasteiger partial charge in [-0.15, -0.1) is 0 Å². The summed E-state index contributed by atoms with van der Waals surface area (Å²) >= 11 is 0. The lowest BCUT2D eigenvalue weighted by Gasteiger charge is -2.22. The Balaban J connectivity index is 1.68. The number of benzene rings is 1. The van der Waals surface area contributed by atoms with Crippen LogP contribution in [0.15, 0.2) is 24.3 Å². The van der Waals surface area contributed by atoms with E-state index in [0.717, 1.165) is 12.3 Å². The molecule has 1 aromatic rings. The maximum absolute atomic E-state index is 13.0. The van der Waals surface area contributed by atoms with E-state index < -0.39 is 0 Å². The minimum atomic E-state index is -0.356. The van der Waals surface area contributed by atoms with Gasteiger partial charge in [0, 0.05) is 11.6 Å². The summed E-state index contributed by atoms with van der Waals surface area (Å²) in [7, 11) is 0. The van der Waals surface area contributed by atoms with E-state index in [9.17, 15) is 9.18 Å². The second-order valence-electron chi connectivity index (χ2n) is 5.27. The molecule has 0 saturated heterocycles. The van der Waals surface area contributed by atoms with Gasteiger partial charge in [0.15, 0.2) is 0 Å². The number of halogens is 1. The average Bonchev–Trinajstić information content (AvgIpc) is 2.91. The van der Waals surface area contributed by atoms with E-state index in [4.69, 9.17) is 0 Å². The van der Waals surface area contributed by atoms with Gasteiger partial charge in [-0.1, -0.05) is 12.5 Å². The zero-order valence-corrected chi connectivity index (χ0v) is 9.66. The summed E-state index contributed by atoms with van der Waals surface area (Å²) in [6.45, 7) is 0. The Morgan fingerprint density at radius 2 is 2.18 bits per heavy atom. The fourth-order valence-corrected chi connectivity index (χ4v) is 3.30. The number of amides is 1. The van der Waals surface area contributed by atoms with E-state index in [2.05, 4.69) is 5.32 Å². The highest BCUT2D eigenvalue weighted by Gasteiger charge is 2.40. The number of hydrogen-bond acceptors (Lipinski definition) is 1. The van der Waals surface area contributed by atoms with Gasteiger partial charge in [0.05, 0.1) is 0 Å². The summed E-state index contributed by atoms with van der Waals surface area (Å²) in [6, 6.07) is 6.19. The van der Waals surface area contributed by atoms with Crippen LogP contribution in [0.4, 0.5) is 4.39 Å². The molecule has 17 heavy (non-hydrogen) atoms. The lowest BCUT2D eigenvalue weighted by molar-refractivity contribution is 0.0922. The molecule has 2 aliphatic rings. The Hall–Kier alpha value is -1.38. The molecule has 0 heterocycles. The van der Waals surface area contributed by atoms with Crippen molar-refractivity contribution >= 4 is 5.91 Å². The largest absolute Gasteiger partial charge is 0.349 e. The van der Waals surface area contributed by atoms with Crippen LogP contribution in [0, 0.1) is 17.7 Å². The monoisotopic (exact) mass is 233 g/mol. The van der Waals surface area contributed by atoms with E-state index in [0.29, 0.717) is 17.5 Å². The van der Waals surface area contributed by atoms with Gasteiger partial charge in [-0.2, -0.15) is 0 Å². The van der Waals surface area contributed by atoms with Crippen molar-refractivity contribution in [1.29, 1.82) is 0 Å². The Bertz CT molecular complexity index is 446. The first-order valence-corrected chi connectivity index (χ1v) is 6.29. The number of carbonyl (C=O) groups is 1. The van der Waals surface area contributed by atoms with Crippen LogP contribution >= 0.6 is 0 Å². The first-order chi connectivity index (χ1) is 8.22. The number of hydrogen-bond donors (Lipinski definition) is 1. The van der Waals surface area contributed by atoms with E-state index >= 15 is 0 Å². The third kappa shape index (κ3) is 2.06. The molecule has 0 unspecified atom stereocenters. The van der Waals surface area contributed by atoms with Crippen molar-refractivity contribution in [3.8, 4) is 0 Å². The molecule has 1 amide bonds. The molecule has 2 aliphatic carbocycles. The molecule has 2 nitrogen and oxygen atoms in total. The Morgan fingerprint density at radius 3 is 2.82 bits per heavy atom. The van der Waals surface area contributed by atoms with Crippen molar-refractivity contribution in [2.75, 3.05) is 0 Å². The highest BCUT2D eigenvalue weighted by Crippen LogP contribution is 2.44. The van der Waals surface area contributed by atoms with E-state index in [1.54, 1.807) is 12.1 Å². The topological polar surface area (TPSA) is 29.1 Å². The van der Waals surface area contributed by atoms with Gasteiger partial charge in [-0.05, 0) is 49.3 Å². The summed E-state index contributed by atoms with van der Waals surface area (Å²) in [5.74, 6) is 0.961. The van der Waals surface area contributed by atoms with Gasteiger partial charge in [0.2, 0.25) is 0 Å². The molecule has 1 N–H and O–H groups in total. The summed E-state index contributed by atoms with van der Waals surface area (Å²) in [4.78, 5) is 12.0. The molecule has 90 valence electrons. The highest BCUT2D eigenvalue weighted by atomic mass is 19.1. The number of rotatable bonds is 2. The molecule has 0 spiro atoms. The smallest absolute Gasteiger partial charge is 0.251 e. The first kappa shape index (κ1) is 10.8. The predicted octanol–water partition coefficient (Wildman–Crippen LogP) is 2.74. The van der Waals surface area contributed by atoms with Crippen LogP contribution in [0.3, 0.4) is 0 Å². The minimum absolute atomic E-state index is 0.137. The van der Waals surface area contributed by atoms with Crippen molar-refractivity contribution < 1.29 is 9.18 Å². The zero-order valence-electron chi connectivity index (χ0n) is 9.66. The van der Waals surface area contributed by atoms with Crippen molar-refractivity contribution in [2.45, 2.75) is 31.7 Å². The van der Waals surface area contributed by atoms with Crippen molar-refractivity contribution in [3.63, 3.8) is 0 Å². The fraction of sp³-hybridized carbons (Fsp3) is 0.500. The van der Waals surface area contributed by atoms with Crippen LogP contribution in [0.1, 0.15) is 36.0 Å². The molecule has 2 saturated carbocycles. The lowest BCUT2D eigenvalue weighted by atomic mass is 9.95. The maximum atomic E-state index is 13.0.